The zero-order chi connectivity index (χ0) is 20.5. The molecule has 0 bridgehead atoms. The van der Waals surface area contributed by atoms with Crippen molar-refractivity contribution in [2.45, 2.75) is 25.8 Å². The zero-order valence-corrected chi connectivity index (χ0v) is 17.6. The standard InChI is InChI=1S/C20H23ClN2O4S/c1-14(20(24)22-12-6-8-15-7-4-5-9-17(15)22)23(28(3,25)26)18-13-16(21)10-11-19(18)27-2/h4-5,7,9-11,13-14H,6,8,12H2,1-3H3/t14-/m0/s1. The summed E-state index contributed by atoms with van der Waals surface area (Å²) < 4.78 is 31.7. The van der Waals surface area contributed by atoms with E-state index in [1.54, 1.807) is 24.0 Å². The monoisotopic (exact) mass is 422 g/mol. The first-order valence-corrected chi connectivity index (χ1v) is 11.2. The summed E-state index contributed by atoms with van der Waals surface area (Å²) in [7, 11) is -2.34. The molecule has 1 heterocycles. The first kappa shape index (κ1) is 20.5. The number of hydrogen-bond acceptors (Lipinski definition) is 4. The molecule has 6 nitrogen and oxygen atoms in total. The van der Waals surface area contributed by atoms with E-state index in [1.165, 1.54) is 13.2 Å². The maximum Gasteiger partial charge on any atom is 0.250 e. The molecule has 1 amide bonds. The van der Waals surface area contributed by atoms with Crippen molar-refractivity contribution in [3.05, 3.63) is 53.1 Å². The van der Waals surface area contributed by atoms with Crippen LogP contribution in [0.1, 0.15) is 18.9 Å². The summed E-state index contributed by atoms with van der Waals surface area (Å²) >= 11 is 6.10. The Labute approximate surface area is 170 Å². The van der Waals surface area contributed by atoms with Crippen LogP contribution < -0.4 is 13.9 Å². The highest BCUT2D eigenvalue weighted by Crippen LogP contribution is 2.35. The topological polar surface area (TPSA) is 66.9 Å². The maximum absolute atomic E-state index is 13.4. The summed E-state index contributed by atoms with van der Waals surface area (Å²) in [5.74, 6) is 0.0353. The lowest BCUT2D eigenvalue weighted by molar-refractivity contribution is -0.119. The Balaban J connectivity index is 2.04. The second kappa shape index (κ2) is 8.01. The Morgan fingerprint density at radius 2 is 1.96 bits per heavy atom. The number of aryl methyl sites for hydroxylation is 1. The van der Waals surface area contributed by atoms with Crippen LogP contribution in [0.3, 0.4) is 0 Å². The number of carbonyl (C=O) groups is 1. The molecule has 150 valence electrons. The molecule has 0 spiro atoms. The van der Waals surface area contributed by atoms with Crippen molar-refractivity contribution in [3.8, 4) is 5.75 Å². The Bertz CT molecular complexity index is 993. The predicted octanol–water partition coefficient (Wildman–Crippen LogP) is 3.48. The number of benzene rings is 2. The molecule has 0 saturated heterocycles. The first-order chi connectivity index (χ1) is 13.2. The molecule has 1 aliphatic heterocycles. The fraction of sp³-hybridized carbons (Fsp3) is 0.350. The minimum Gasteiger partial charge on any atom is -0.495 e. The van der Waals surface area contributed by atoms with Crippen LogP contribution in [-0.4, -0.2) is 40.3 Å². The summed E-state index contributed by atoms with van der Waals surface area (Å²) in [6.45, 7) is 2.13. The van der Waals surface area contributed by atoms with Crippen LogP contribution in [0.5, 0.6) is 5.75 Å². The van der Waals surface area contributed by atoms with Crippen molar-refractivity contribution in [2.24, 2.45) is 0 Å². The van der Waals surface area contributed by atoms with Crippen LogP contribution in [-0.2, 0) is 21.2 Å². The summed E-state index contributed by atoms with van der Waals surface area (Å²) in [6.07, 6.45) is 2.79. The molecule has 1 atom stereocenters. The van der Waals surface area contributed by atoms with E-state index in [9.17, 15) is 13.2 Å². The number of hydrogen-bond donors (Lipinski definition) is 0. The highest BCUT2D eigenvalue weighted by atomic mass is 35.5. The fourth-order valence-corrected chi connectivity index (χ4v) is 4.93. The van der Waals surface area contributed by atoms with Crippen LogP contribution >= 0.6 is 11.6 Å². The van der Waals surface area contributed by atoms with Crippen molar-refractivity contribution < 1.29 is 17.9 Å². The van der Waals surface area contributed by atoms with Gasteiger partial charge in [-0.15, -0.1) is 0 Å². The molecule has 2 aromatic rings. The van der Waals surface area contributed by atoms with Gasteiger partial charge >= 0.3 is 0 Å². The second-order valence-corrected chi connectivity index (χ2v) is 9.07. The highest BCUT2D eigenvalue weighted by Gasteiger charge is 2.35. The van der Waals surface area contributed by atoms with Gasteiger partial charge in [-0.25, -0.2) is 8.42 Å². The summed E-state index contributed by atoms with van der Waals surface area (Å²) in [5, 5.41) is 0.354. The number of anilines is 2. The molecular formula is C20H23ClN2O4S. The van der Waals surface area contributed by atoms with Crippen LogP contribution in [0.2, 0.25) is 5.02 Å². The molecule has 0 N–H and O–H groups in total. The van der Waals surface area contributed by atoms with Crippen molar-refractivity contribution in [2.75, 3.05) is 29.1 Å². The van der Waals surface area contributed by atoms with Crippen LogP contribution in [0.4, 0.5) is 11.4 Å². The third kappa shape index (κ3) is 3.95. The number of fused-ring (bicyclic) bond motifs is 1. The van der Waals surface area contributed by atoms with Gasteiger partial charge < -0.3 is 9.64 Å². The molecular weight excluding hydrogens is 400 g/mol. The average Bonchev–Trinajstić information content (AvgIpc) is 2.66. The van der Waals surface area contributed by atoms with Crippen LogP contribution in [0, 0.1) is 0 Å². The second-order valence-electron chi connectivity index (χ2n) is 6.77. The summed E-state index contributed by atoms with van der Waals surface area (Å²) in [6, 6.07) is 11.4. The number of nitrogens with zero attached hydrogens (tertiary/aromatic N) is 2. The van der Waals surface area contributed by atoms with Crippen molar-refractivity contribution in [3.63, 3.8) is 0 Å². The Morgan fingerprint density at radius 1 is 1.25 bits per heavy atom. The van der Waals surface area contributed by atoms with Crippen LogP contribution in [0.25, 0.3) is 0 Å². The normalized spacial score (nSPS) is 14.9. The molecule has 0 unspecified atom stereocenters. The lowest BCUT2D eigenvalue weighted by atomic mass is 10.0. The predicted molar refractivity (Wildman–Crippen MR) is 112 cm³/mol. The molecule has 8 heteroatoms. The molecule has 0 saturated carbocycles. The highest BCUT2D eigenvalue weighted by molar-refractivity contribution is 7.92. The number of carbonyl (C=O) groups excluding carboxylic acids is 1. The Hall–Kier alpha value is -2.25. The number of amides is 1. The summed E-state index contributed by atoms with van der Waals surface area (Å²) in [4.78, 5) is 15.0. The van der Waals surface area contributed by atoms with Gasteiger partial charge in [0.2, 0.25) is 10.0 Å². The number of sulfonamides is 1. The van der Waals surface area contributed by atoms with Crippen molar-refractivity contribution >= 4 is 38.9 Å². The number of methoxy groups -OCH3 is 1. The third-order valence-electron chi connectivity index (χ3n) is 4.82. The number of rotatable bonds is 5. The van der Waals surface area contributed by atoms with E-state index >= 15 is 0 Å². The average molecular weight is 423 g/mol. The van der Waals surface area contributed by atoms with E-state index < -0.39 is 16.1 Å². The van der Waals surface area contributed by atoms with Gasteiger partial charge in [0, 0.05) is 17.3 Å². The Kier molecular flexibility index (Phi) is 5.86. The first-order valence-electron chi connectivity index (χ1n) is 8.96. The Morgan fingerprint density at radius 3 is 2.64 bits per heavy atom. The smallest absolute Gasteiger partial charge is 0.250 e. The molecule has 0 aliphatic carbocycles. The molecule has 3 rings (SSSR count). The molecule has 1 aliphatic rings. The van der Waals surface area contributed by atoms with E-state index in [4.69, 9.17) is 16.3 Å². The van der Waals surface area contributed by atoms with E-state index in [0.717, 1.165) is 34.7 Å². The van der Waals surface area contributed by atoms with Gasteiger partial charge in [0.25, 0.3) is 5.91 Å². The number of para-hydroxylation sites is 1. The maximum atomic E-state index is 13.4. The summed E-state index contributed by atoms with van der Waals surface area (Å²) in [5.41, 5.74) is 2.15. The lowest BCUT2D eigenvalue weighted by Gasteiger charge is -2.35. The largest absolute Gasteiger partial charge is 0.495 e. The van der Waals surface area contributed by atoms with Crippen LogP contribution in [0.15, 0.2) is 42.5 Å². The van der Waals surface area contributed by atoms with Crippen molar-refractivity contribution in [1.82, 2.24) is 0 Å². The molecule has 2 aromatic carbocycles. The minimum atomic E-state index is -3.78. The fourth-order valence-electron chi connectivity index (χ4n) is 3.60. The van der Waals surface area contributed by atoms with E-state index in [0.29, 0.717) is 17.3 Å². The van der Waals surface area contributed by atoms with E-state index in [1.807, 2.05) is 24.3 Å². The van der Waals surface area contributed by atoms with E-state index in [-0.39, 0.29) is 11.6 Å². The quantitative estimate of drug-likeness (QED) is 0.739. The van der Waals surface area contributed by atoms with Gasteiger partial charge in [-0.2, -0.15) is 0 Å². The number of halogens is 1. The SMILES string of the molecule is COc1ccc(Cl)cc1N([C@@H](C)C(=O)N1CCCc2ccccc21)S(C)(=O)=O. The molecule has 0 aromatic heterocycles. The third-order valence-corrected chi connectivity index (χ3v) is 6.28. The molecule has 28 heavy (non-hydrogen) atoms. The zero-order valence-electron chi connectivity index (χ0n) is 16.1. The molecule has 0 radical (unpaired) electrons. The minimum absolute atomic E-state index is 0.239. The van der Waals surface area contributed by atoms with E-state index in [2.05, 4.69) is 0 Å². The number of ether oxygens (including phenoxy) is 1. The molecule has 0 fully saturated rings. The van der Waals surface area contributed by atoms with Gasteiger partial charge in [-0.1, -0.05) is 29.8 Å². The van der Waals surface area contributed by atoms with Gasteiger partial charge in [-0.05, 0) is 49.6 Å². The van der Waals surface area contributed by atoms with Gasteiger partial charge in [0.05, 0.1) is 19.1 Å². The van der Waals surface area contributed by atoms with Gasteiger partial charge in [-0.3, -0.25) is 9.10 Å². The van der Waals surface area contributed by atoms with Crippen molar-refractivity contribution in [1.29, 1.82) is 0 Å². The lowest BCUT2D eigenvalue weighted by Crippen LogP contribution is -2.51. The van der Waals surface area contributed by atoms with Gasteiger partial charge in [0.15, 0.2) is 0 Å². The van der Waals surface area contributed by atoms with Gasteiger partial charge in [0.1, 0.15) is 11.8 Å².